The molecule has 0 saturated carbocycles. The second kappa shape index (κ2) is 9.71. The third-order valence-corrected chi connectivity index (χ3v) is 3.76. The maximum atomic E-state index is 9.52. The minimum absolute atomic E-state index is 0.260. The summed E-state index contributed by atoms with van der Waals surface area (Å²) < 4.78 is 0. The Labute approximate surface area is 129 Å². The summed E-state index contributed by atoms with van der Waals surface area (Å²) in [6, 6.07) is 0. The molecule has 0 aromatic carbocycles. The van der Waals surface area contributed by atoms with E-state index in [1.165, 1.54) is 0 Å². The Morgan fingerprint density at radius 2 is 1.29 bits per heavy atom. The van der Waals surface area contributed by atoms with Gasteiger partial charge < -0.3 is 15.3 Å². The average Bonchev–Trinajstić information content (AvgIpc) is 2.35. The fourth-order valence-electron chi connectivity index (χ4n) is 2.86. The van der Waals surface area contributed by atoms with Gasteiger partial charge in [-0.1, -0.05) is 0 Å². The lowest BCUT2D eigenvalue weighted by molar-refractivity contribution is 0.0579. The van der Waals surface area contributed by atoms with Gasteiger partial charge in [-0.05, 0) is 20.8 Å². The largest absolute Gasteiger partial charge is 0.392 e. The van der Waals surface area contributed by atoms with Crippen molar-refractivity contribution in [2.75, 3.05) is 58.9 Å². The molecule has 1 fully saturated rings. The zero-order valence-electron chi connectivity index (χ0n) is 13.8. The molecular weight excluding hydrogens is 270 g/mol. The van der Waals surface area contributed by atoms with Crippen molar-refractivity contribution in [1.29, 1.82) is 0 Å². The van der Waals surface area contributed by atoms with Crippen LogP contribution in [0.15, 0.2) is 0 Å². The maximum absolute atomic E-state index is 9.52. The van der Waals surface area contributed by atoms with Crippen LogP contribution in [0.3, 0.4) is 0 Å². The van der Waals surface area contributed by atoms with E-state index < -0.39 is 0 Å². The highest BCUT2D eigenvalue weighted by atomic mass is 16.3. The second-order valence-corrected chi connectivity index (χ2v) is 6.45. The topological polar surface area (TPSA) is 70.4 Å². The van der Waals surface area contributed by atoms with Gasteiger partial charge in [-0.25, -0.2) is 0 Å². The molecule has 126 valence electrons. The van der Waals surface area contributed by atoms with Crippen LogP contribution in [0.4, 0.5) is 0 Å². The van der Waals surface area contributed by atoms with Gasteiger partial charge >= 0.3 is 0 Å². The molecule has 0 amide bonds. The van der Waals surface area contributed by atoms with Gasteiger partial charge in [0.25, 0.3) is 0 Å². The van der Waals surface area contributed by atoms with Gasteiger partial charge in [-0.2, -0.15) is 0 Å². The van der Waals surface area contributed by atoms with Gasteiger partial charge in [0.05, 0.1) is 18.3 Å². The summed E-state index contributed by atoms with van der Waals surface area (Å²) in [4.78, 5) is 6.83. The summed E-state index contributed by atoms with van der Waals surface area (Å²) >= 11 is 0. The van der Waals surface area contributed by atoms with Crippen molar-refractivity contribution in [3.05, 3.63) is 0 Å². The van der Waals surface area contributed by atoms with Gasteiger partial charge in [0, 0.05) is 58.9 Å². The van der Waals surface area contributed by atoms with Gasteiger partial charge in [0.15, 0.2) is 0 Å². The minimum atomic E-state index is -0.369. The van der Waals surface area contributed by atoms with E-state index in [4.69, 9.17) is 0 Å². The molecule has 0 radical (unpaired) electrons. The van der Waals surface area contributed by atoms with Crippen molar-refractivity contribution in [2.24, 2.45) is 0 Å². The summed E-state index contributed by atoms with van der Waals surface area (Å²) in [5.41, 5.74) is 0. The smallest absolute Gasteiger partial charge is 0.0639 e. The van der Waals surface area contributed by atoms with Gasteiger partial charge in [-0.15, -0.1) is 0 Å². The van der Waals surface area contributed by atoms with Gasteiger partial charge in [-0.3, -0.25) is 14.7 Å². The fraction of sp³-hybridized carbons (Fsp3) is 1.00. The van der Waals surface area contributed by atoms with Crippen LogP contribution in [-0.2, 0) is 0 Å². The quantitative estimate of drug-likeness (QED) is 0.510. The molecule has 0 aromatic heterocycles. The lowest BCUT2D eigenvalue weighted by Gasteiger charge is -2.36. The molecular formula is C15H33N3O3. The van der Waals surface area contributed by atoms with Crippen molar-refractivity contribution in [1.82, 2.24) is 14.7 Å². The Morgan fingerprint density at radius 1 is 0.810 bits per heavy atom. The Bertz CT molecular complexity index is 257. The van der Waals surface area contributed by atoms with E-state index in [1.54, 1.807) is 13.8 Å². The lowest BCUT2D eigenvalue weighted by Crippen LogP contribution is -2.50. The molecule has 0 aromatic rings. The van der Waals surface area contributed by atoms with Crippen LogP contribution in [-0.4, -0.2) is 107 Å². The lowest BCUT2D eigenvalue weighted by atomic mass is 10.2. The first-order valence-corrected chi connectivity index (χ1v) is 8.08. The van der Waals surface area contributed by atoms with Crippen LogP contribution >= 0.6 is 0 Å². The number of piperazine rings is 1. The number of nitrogens with zero attached hydrogens (tertiary/aromatic N) is 3. The monoisotopic (exact) mass is 303 g/mol. The number of aliphatic hydroxyl groups excluding tert-OH is 3. The van der Waals surface area contributed by atoms with Crippen LogP contribution in [0.1, 0.15) is 20.8 Å². The molecule has 6 nitrogen and oxygen atoms in total. The van der Waals surface area contributed by atoms with Crippen LogP contribution in [0.5, 0.6) is 0 Å². The summed E-state index contributed by atoms with van der Waals surface area (Å²) in [7, 11) is 0. The van der Waals surface area contributed by atoms with Gasteiger partial charge in [0.2, 0.25) is 0 Å². The van der Waals surface area contributed by atoms with E-state index in [2.05, 4.69) is 14.7 Å². The Morgan fingerprint density at radius 3 is 1.71 bits per heavy atom. The fourth-order valence-corrected chi connectivity index (χ4v) is 2.86. The summed E-state index contributed by atoms with van der Waals surface area (Å²) in [6.45, 7) is 13.2. The first kappa shape index (κ1) is 18.8. The zero-order valence-corrected chi connectivity index (χ0v) is 13.8. The molecule has 21 heavy (non-hydrogen) atoms. The van der Waals surface area contributed by atoms with E-state index >= 15 is 0 Å². The normalized spacial score (nSPS) is 22.4. The predicted octanol–water partition coefficient (Wildman–Crippen LogP) is -0.952. The molecule has 3 N–H and O–H groups in total. The van der Waals surface area contributed by atoms with Crippen LogP contribution < -0.4 is 0 Å². The van der Waals surface area contributed by atoms with E-state index in [-0.39, 0.29) is 18.3 Å². The molecule has 0 bridgehead atoms. The second-order valence-electron chi connectivity index (χ2n) is 6.45. The first-order chi connectivity index (χ1) is 9.86. The summed E-state index contributed by atoms with van der Waals surface area (Å²) in [5, 5.41) is 28.5. The molecule has 0 spiro atoms. The van der Waals surface area contributed by atoms with Crippen molar-refractivity contribution >= 4 is 0 Å². The molecule has 1 aliphatic rings. The standard InChI is InChI=1S/C15H33N3O3/c1-13(19)10-17-7-4-16(5-8-17)6-9-18(11-14(2)20)12-15(3)21/h13-15,19-21H,4-12H2,1-3H3/t13-,14-,15+/m0/s1. The first-order valence-electron chi connectivity index (χ1n) is 8.08. The van der Waals surface area contributed by atoms with Crippen molar-refractivity contribution in [2.45, 2.75) is 39.1 Å². The highest BCUT2D eigenvalue weighted by molar-refractivity contribution is 4.75. The molecule has 0 aliphatic carbocycles. The number of rotatable bonds is 9. The summed E-state index contributed by atoms with van der Waals surface area (Å²) in [6.07, 6.45) is -0.998. The van der Waals surface area contributed by atoms with E-state index in [1.807, 2.05) is 6.92 Å². The Hall–Kier alpha value is -0.240. The number of hydrogen-bond acceptors (Lipinski definition) is 6. The highest BCUT2D eigenvalue weighted by Gasteiger charge is 2.19. The molecule has 1 aliphatic heterocycles. The SMILES string of the molecule is C[C@H](O)CN1CCN(CCN(C[C@H](C)O)C[C@@H](C)O)CC1. The Balaban J connectivity index is 2.26. The van der Waals surface area contributed by atoms with E-state index in [0.29, 0.717) is 13.1 Å². The average molecular weight is 303 g/mol. The van der Waals surface area contributed by atoms with Crippen molar-refractivity contribution in [3.8, 4) is 0 Å². The minimum Gasteiger partial charge on any atom is -0.392 e. The van der Waals surface area contributed by atoms with Crippen molar-refractivity contribution < 1.29 is 15.3 Å². The van der Waals surface area contributed by atoms with Crippen LogP contribution in [0, 0.1) is 0 Å². The molecule has 6 heteroatoms. The van der Waals surface area contributed by atoms with E-state index in [9.17, 15) is 15.3 Å². The van der Waals surface area contributed by atoms with Crippen molar-refractivity contribution in [3.63, 3.8) is 0 Å². The number of aliphatic hydroxyl groups is 3. The zero-order chi connectivity index (χ0) is 15.8. The third-order valence-electron chi connectivity index (χ3n) is 3.76. The van der Waals surface area contributed by atoms with Gasteiger partial charge in [0.1, 0.15) is 0 Å². The van der Waals surface area contributed by atoms with Crippen LogP contribution in [0.2, 0.25) is 0 Å². The van der Waals surface area contributed by atoms with Crippen LogP contribution in [0.25, 0.3) is 0 Å². The summed E-state index contributed by atoms with van der Waals surface area (Å²) in [5.74, 6) is 0. The number of hydrogen-bond donors (Lipinski definition) is 3. The van der Waals surface area contributed by atoms with E-state index in [0.717, 1.165) is 45.8 Å². The molecule has 1 heterocycles. The molecule has 1 rings (SSSR count). The predicted molar refractivity (Wildman–Crippen MR) is 84.4 cm³/mol. The third kappa shape index (κ3) is 8.70. The molecule has 1 saturated heterocycles. The molecule has 0 unspecified atom stereocenters. The maximum Gasteiger partial charge on any atom is 0.0639 e. The number of β-amino-alcohol motifs (C(OH)–C–C–N with tert-alkyl or cyclic N) is 1. The molecule has 3 atom stereocenters. The highest BCUT2D eigenvalue weighted by Crippen LogP contribution is 2.04. The Kier molecular flexibility index (Phi) is 8.70.